The highest BCUT2D eigenvalue weighted by molar-refractivity contribution is 5.66. The summed E-state index contributed by atoms with van der Waals surface area (Å²) in [6.45, 7) is 1.92. The minimum Gasteiger partial charge on any atom is -0.459 e. The normalized spacial score (nSPS) is 12.2. The van der Waals surface area contributed by atoms with Gasteiger partial charge < -0.3 is 14.2 Å². The number of rotatable bonds is 12. The van der Waals surface area contributed by atoms with E-state index in [1.165, 1.54) is 12.1 Å². The van der Waals surface area contributed by atoms with Crippen molar-refractivity contribution in [2.75, 3.05) is 0 Å². The van der Waals surface area contributed by atoms with Crippen molar-refractivity contribution in [1.82, 2.24) is 0 Å². The molecule has 0 fully saturated rings. The van der Waals surface area contributed by atoms with E-state index < -0.39 is 87.2 Å². The van der Waals surface area contributed by atoms with Crippen LogP contribution in [0.15, 0.2) is 79.1 Å². The van der Waals surface area contributed by atoms with Crippen molar-refractivity contribution in [3.8, 4) is 28.4 Å². The Morgan fingerprint density at radius 3 is 1.78 bits per heavy atom. The zero-order valence-electron chi connectivity index (χ0n) is 23.4. The van der Waals surface area contributed by atoms with Gasteiger partial charge in [0.2, 0.25) is 0 Å². The second kappa shape index (κ2) is 13.7. The molecular weight excluding hydrogens is 641 g/mol. The van der Waals surface area contributed by atoms with Crippen LogP contribution in [0.25, 0.3) is 11.1 Å². The van der Waals surface area contributed by atoms with Gasteiger partial charge in [0.1, 0.15) is 34.5 Å². The van der Waals surface area contributed by atoms with Gasteiger partial charge in [-0.15, -0.1) is 0 Å². The van der Waals surface area contributed by atoms with E-state index in [2.05, 4.69) is 14.2 Å². The van der Waals surface area contributed by atoms with Crippen LogP contribution in [0.2, 0.25) is 0 Å². The van der Waals surface area contributed by atoms with Gasteiger partial charge >= 0.3 is 12.2 Å². The van der Waals surface area contributed by atoms with Crippen LogP contribution in [0, 0.1) is 29.1 Å². The van der Waals surface area contributed by atoms with E-state index in [0.29, 0.717) is 24.6 Å². The topological polar surface area (TPSA) is 27.7 Å². The molecule has 0 radical (unpaired) electrons. The van der Waals surface area contributed by atoms with E-state index in [9.17, 15) is 48.3 Å². The Kier molecular flexibility index (Phi) is 10.2. The molecule has 0 saturated carbocycles. The van der Waals surface area contributed by atoms with Crippen molar-refractivity contribution in [3.63, 3.8) is 0 Å². The van der Waals surface area contributed by atoms with Crippen molar-refractivity contribution in [2.45, 2.75) is 38.4 Å². The van der Waals surface area contributed by atoms with Crippen LogP contribution in [-0.2, 0) is 18.6 Å². The fraction of sp³-hybridized carbons (Fsp3) is 0.188. The Balaban J connectivity index is 1.54. The monoisotopic (exact) mass is 662 g/mol. The van der Waals surface area contributed by atoms with E-state index in [1.54, 1.807) is 0 Å². The molecule has 0 spiro atoms. The van der Waals surface area contributed by atoms with Crippen LogP contribution >= 0.6 is 0 Å². The molecule has 244 valence electrons. The number of benzene rings is 4. The molecule has 3 nitrogen and oxygen atoms in total. The lowest BCUT2D eigenvalue weighted by atomic mass is 10.0. The quantitative estimate of drug-likeness (QED) is 0.112. The minimum atomic E-state index is -4.89. The summed E-state index contributed by atoms with van der Waals surface area (Å²) < 4.78 is 169. The molecule has 0 aromatic heterocycles. The summed E-state index contributed by atoms with van der Waals surface area (Å²) in [6.07, 6.45) is -9.94. The van der Waals surface area contributed by atoms with Gasteiger partial charge in [-0.25, -0.2) is 30.7 Å². The minimum absolute atomic E-state index is 0.132. The number of alkyl halides is 6. The number of hydrogen-bond acceptors (Lipinski definition) is 3. The Morgan fingerprint density at radius 2 is 1.24 bits per heavy atom. The van der Waals surface area contributed by atoms with Gasteiger partial charge in [-0.2, -0.15) is 17.6 Å². The summed E-state index contributed by atoms with van der Waals surface area (Å²) in [7, 11) is 0. The summed E-state index contributed by atoms with van der Waals surface area (Å²) >= 11 is 0. The highest BCUT2D eigenvalue weighted by Crippen LogP contribution is 2.40. The van der Waals surface area contributed by atoms with Gasteiger partial charge in [0.25, 0.3) is 6.43 Å². The zero-order valence-corrected chi connectivity index (χ0v) is 23.4. The van der Waals surface area contributed by atoms with Crippen LogP contribution in [0.4, 0.5) is 48.3 Å². The molecule has 0 heterocycles. The molecule has 0 bridgehead atoms. The van der Waals surface area contributed by atoms with E-state index in [-0.39, 0.29) is 24.5 Å². The maximum atomic E-state index is 14.9. The molecule has 0 amide bonds. The van der Waals surface area contributed by atoms with Gasteiger partial charge in [-0.1, -0.05) is 25.5 Å². The van der Waals surface area contributed by atoms with E-state index in [4.69, 9.17) is 0 Å². The first-order valence-electron chi connectivity index (χ1n) is 13.2. The maximum absolute atomic E-state index is 14.9. The molecule has 4 aromatic carbocycles. The molecule has 0 saturated heterocycles. The Morgan fingerprint density at radius 1 is 0.674 bits per heavy atom. The molecular formula is C32H21F11O3. The number of halogens is 11. The lowest BCUT2D eigenvalue weighted by Crippen LogP contribution is -2.25. The third kappa shape index (κ3) is 7.90. The van der Waals surface area contributed by atoms with Gasteiger partial charge in [-0.3, -0.25) is 0 Å². The Labute approximate surface area is 254 Å². The number of aryl methyl sites for hydroxylation is 1. The summed E-state index contributed by atoms with van der Waals surface area (Å²) in [4.78, 5) is 0. The predicted octanol–water partition coefficient (Wildman–Crippen LogP) is 10.4. The number of ether oxygens (including phenoxy) is 3. The van der Waals surface area contributed by atoms with E-state index in [0.717, 1.165) is 36.2 Å². The summed E-state index contributed by atoms with van der Waals surface area (Å²) in [5, 5.41) is 0. The summed E-state index contributed by atoms with van der Waals surface area (Å²) in [6, 6.07) is 8.39. The highest BCUT2D eigenvalue weighted by Gasteiger charge is 2.42. The highest BCUT2D eigenvalue weighted by atomic mass is 19.3. The molecule has 0 aliphatic rings. The average molecular weight is 662 g/mol. The number of allylic oxidation sites excluding steroid dienone is 1. The first-order valence-corrected chi connectivity index (χ1v) is 13.2. The summed E-state index contributed by atoms with van der Waals surface area (Å²) in [5.74, 6) is -11.7. The third-order valence-corrected chi connectivity index (χ3v) is 6.29. The molecule has 14 heteroatoms. The summed E-state index contributed by atoms with van der Waals surface area (Å²) in [5.41, 5.74) is -2.90. The molecule has 0 unspecified atom stereocenters. The molecule has 0 aliphatic heterocycles. The zero-order chi connectivity index (χ0) is 33.8. The van der Waals surface area contributed by atoms with Gasteiger partial charge in [-0.05, 0) is 53.9 Å². The fourth-order valence-electron chi connectivity index (χ4n) is 4.24. The lowest BCUT2D eigenvalue weighted by Gasteiger charge is -2.21. The molecule has 0 atom stereocenters. The first-order chi connectivity index (χ1) is 21.6. The van der Waals surface area contributed by atoms with Crippen molar-refractivity contribution in [2.24, 2.45) is 0 Å². The largest absolute Gasteiger partial charge is 0.459 e. The average Bonchev–Trinajstić information content (AvgIpc) is 2.94. The van der Waals surface area contributed by atoms with Crippen LogP contribution in [0.3, 0.4) is 0 Å². The molecule has 0 N–H and O–H groups in total. The van der Waals surface area contributed by atoms with Crippen LogP contribution in [-0.4, -0.2) is 6.43 Å². The van der Waals surface area contributed by atoms with Crippen LogP contribution < -0.4 is 14.2 Å². The first kappa shape index (κ1) is 34.1. The lowest BCUT2D eigenvalue weighted by molar-refractivity contribution is -0.189. The van der Waals surface area contributed by atoms with Gasteiger partial charge in [0, 0.05) is 29.8 Å². The Bertz CT molecular complexity index is 1680. The van der Waals surface area contributed by atoms with Crippen LogP contribution in [0.1, 0.15) is 30.0 Å². The number of hydrogen-bond donors (Lipinski definition) is 0. The fourth-order valence-corrected chi connectivity index (χ4v) is 4.24. The molecule has 46 heavy (non-hydrogen) atoms. The SMILES string of the molecule is CCCc1ccc(C(F)(F)Oc2ccc(-c3cc(F)c(C(F)(F)Oc4cc(F)c(O/C=C/C(F)F)c(F)c4)c(F)c3)c(F)c2)cc1. The van der Waals surface area contributed by atoms with Crippen molar-refractivity contribution in [3.05, 3.63) is 125 Å². The predicted molar refractivity (Wildman–Crippen MR) is 143 cm³/mol. The maximum Gasteiger partial charge on any atom is 0.432 e. The van der Waals surface area contributed by atoms with E-state index >= 15 is 0 Å². The molecule has 4 aromatic rings. The van der Waals surface area contributed by atoms with Crippen LogP contribution in [0.5, 0.6) is 17.2 Å². The second-order valence-corrected chi connectivity index (χ2v) is 9.64. The standard InChI is InChI=1S/C32H21F11O3/c1-2-3-17-4-6-19(7-5-17)31(40,41)45-20-8-9-22(23(33)14-20)18-12-24(34)29(25(35)13-18)32(42,43)46-21-15-26(36)30(27(37)16-21)44-11-10-28(38)39/h4-16,28H,2-3H2,1H3/b11-10+. The van der Waals surface area contributed by atoms with Gasteiger partial charge in [0.15, 0.2) is 17.4 Å². The molecule has 4 rings (SSSR count). The second-order valence-electron chi connectivity index (χ2n) is 9.64. The van der Waals surface area contributed by atoms with Crippen molar-refractivity contribution >= 4 is 0 Å². The third-order valence-electron chi connectivity index (χ3n) is 6.29. The van der Waals surface area contributed by atoms with E-state index in [1.807, 2.05) is 6.92 Å². The van der Waals surface area contributed by atoms with Gasteiger partial charge in [0.05, 0.1) is 11.8 Å². The van der Waals surface area contributed by atoms with Crippen molar-refractivity contribution < 1.29 is 62.5 Å². The Hall–Kier alpha value is -4.75. The molecule has 0 aliphatic carbocycles. The van der Waals surface area contributed by atoms with Crippen molar-refractivity contribution in [1.29, 1.82) is 0 Å². The smallest absolute Gasteiger partial charge is 0.432 e.